The third-order valence-electron chi connectivity index (χ3n) is 5.05. The van der Waals surface area contributed by atoms with Gasteiger partial charge in [-0.15, -0.1) is 0 Å². The van der Waals surface area contributed by atoms with E-state index in [2.05, 4.69) is 5.32 Å². The number of halogens is 1. The molecule has 0 aliphatic rings. The van der Waals surface area contributed by atoms with Crippen LogP contribution in [-0.2, 0) is 29.1 Å². The van der Waals surface area contributed by atoms with E-state index < -0.39 is 39.7 Å². The first-order chi connectivity index (χ1) is 16.5. The Morgan fingerprint density at radius 3 is 2.23 bits per heavy atom. The third-order valence-corrected chi connectivity index (χ3v) is 6.83. The molecule has 0 aromatic heterocycles. The van der Waals surface area contributed by atoms with Crippen LogP contribution in [0.25, 0.3) is 0 Å². The smallest absolute Gasteiger partial charge is 0.328 e. The van der Waals surface area contributed by atoms with Crippen LogP contribution in [-0.4, -0.2) is 52.6 Å². The van der Waals surface area contributed by atoms with E-state index in [1.54, 1.807) is 26.0 Å². The minimum Gasteiger partial charge on any atom is -0.466 e. The number of aryl methyl sites for hydroxylation is 1. The zero-order valence-electron chi connectivity index (χ0n) is 20.0. The number of esters is 2. The molecule has 1 N–H and O–H groups in total. The number of hydrogen-bond donors (Lipinski definition) is 1. The summed E-state index contributed by atoms with van der Waals surface area (Å²) in [7, 11) is -2.83. The molecule has 2 rings (SSSR count). The number of benzene rings is 2. The quantitative estimate of drug-likeness (QED) is 0.464. The average molecular weight is 509 g/mol. The topological polar surface area (TPSA) is 119 Å². The van der Waals surface area contributed by atoms with Crippen molar-refractivity contribution in [1.29, 1.82) is 0 Å². The Hall–Kier alpha value is -3.47. The lowest BCUT2D eigenvalue weighted by molar-refractivity contribution is -0.146. The molecule has 35 heavy (non-hydrogen) atoms. The Kier molecular flexibility index (Phi) is 9.76. The van der Waals surface area contributed by atoms with Gasteiger partial charge in [-0.3, -0.25) is 13.9 Å². The van der Waals surface area contributed by atoms with Crippen LogP contribution in [0.3, 0.4) is 0 Å². The lowest BCUT2D eigenvalue weighted by Gasteiger charge is -2.21. The van der Waals surface area contributed by atoms with Gasteiger partial charge in [0.25, 0.3) is 15.9 Å². The monoisotopic (exact) mass is 508 g/mol. The fraction of sp³-hybridized carbons (Fsp3) is 0.375. The van der Waals surface area contributed by atoms with E-state index in [0.717, 1.165) is 22.0 Å². The van der Waals surface area contributed by atoms with E-state index in [4.69, 9.17) is 9.47 Å². The lowest BCUT2D eigenvalue weighted by atomic mass is 10.1. The minimum absolute atomic E-state index is 0.00861. The predicted molar refractivity (Wildman–Crippen MR) is 127 cm³/mol. The second-order valence-corrected chi connectivity index (χ2v) is 9.54. The molecular formula is C24H29FN2O7S. The molecule has 0 aliphatic carbocycles. The van der Waals surface area contributed by atoms with Gasteiger partial charge < -0.3 is 14.8 Å². The van der Waals surface area contributed by atoms with Crippen molar-refractivity contribution in [3.63, 3.8) is 0 Å². The Labute approximate surface area is 204 Å². The molecule has 2 aromatic rings. The first kappa shape index (κ1) is 27.8. The van der Waals surface area contributed by atoms with Crippen LogP contribution in [0.15, 0.2) is 47.4 Å². The van der Waals surface area contributed by atoms with E-state index in [1.807, 2.05) is 6.92 Å². The Morgan fingerprint density at radius 2 is 1.66 bits per heavy atom. The third kappa shape index (κ3) is 7.25. The van der Waals surface area contributed by atoms with Crippen molar-refractivity contribution in [1.82, 2.24) is 5.32 Å². The molecule has 2 aromatic carbocycles. The molecule has 11 heteroatoms. The molecular weight excluding hydrogens is 479 g/mol. The molecule has 0 heterocycles. The van der Waals surface area contributed by atoms with Crippen molar-refractivity contribution in [2.75, 3.05) is 24.6 Å². The zero-order valence-corrected chi connectivity index (χ0v) is 20.9. The first-order valence-corrected chi connectivity index (χ1v) is 12.4. The Morgan fingerprint density at radius 1 is 1.03 bits per heavy atom. The number of anilines is 1. The summed E-state index contributed by atoms with van der Waals surface area (Å²) in [5, 5.41) is 2.43. The van der Waals surface area contributed by atoms with Gasteiger partial charge in [-0.2, -0.15) is 0 Å². The van der Waals surface area contributed by atoms with Crippen LogP contribution in [0, 0.1) is 12.7 Å². The van der Waals surface area contributed by atoms with E-state index >= 15 is 0 Å². The molecule has 1 atom stereocenters. The van der Waals surface area contributed by atoms with Gasteiger partial charge in [-0.25, -0.2) is 17.6 Å². The van der Waals surface area contributed by atoms with Crippen molar-refractivity contribution >= 4 is 33.6 Å². The summed E-state index contributed by atoms with van der Waals surface area (Å²) in [5.74, 6) is -3.02. The van der Waals surface area contributed by atoms with Crippen molar-refractivity contribution < 1.29 is 36.7 Å². The Balaban J connectivity index is 2.21. The summed E-state index contributed by atoms with van der Waals surface area (Å²) < 4.78 is 51.2. The molecule has 1 unspecified atom stereocenters. The maximum absolute atomic E-state index is 14.9. The highest BCUT2D eigenvalue weighted by Gasteiger charge is 2.26. The number of hydrogen-bond acceptors (Lipinski definition) is 7. The van der Waals surface area contributed by atoms with Gasteiger partial charge in [0.15, 0.2) is 0 Å². The summed E-state index contributed by atoms with van der Waals surface area (Å²) in [5.41, 5.74) is 0.473. The summed E-state index contributed by atoms with van der Waals surface area (Å²) in [4.78, 5) is 36.5. The van der Waals surface area contributed by atoms with Crippen LogP contribution in [0.1, 0.15) is 42.6 Å². The summed E-state index contributed by atoms with van der Waals surface area (Å²) in [6, 6.07) is 8.23. The maximum Gasteiger partial charge on any atom is 0.328 e. The van der Waals surface area contributed by atoms with Gasteiger partial charge in [0.1, 0.15) is 11.9 Å². The number of sulfonamides is 1. The second kappa shape index (κ2) is 12.3. The molecule has 0 radical (unpaired) electrons. The average Bonchev–Trinajstić information content (AvgIpc) is 2.81. The van der Waals surface area contributed by atoms with Gasteiger partial charge in [0, 0.05) is 19.0 Å². The van der Waals surface area contributed by atoms with Gasteiger partial charge in [0.05, 0.1) is 23.8 Å². The van der Waals surface area contributed by atoms with Crippen molar-refractivity contribution in [3.8, 4) is 0 Å². The van der Waals surface area contributed by atoms with Crippen LogP contribution in [0.4, 0.5) is 10.1 Å². The number of carbonyl (C=O) groups is 3. The minimum atomic E-state index is -4.03. The first-order valence-electron chi connectivity index (χ1n) is 11.0. The molecule has 0 spiro atoms. The van der Waals surface area contributed by atoms with Crippen LogP contribution in [0.5, 0.6) is 0 Å². The highest BCUT2D eigenvalue weighted by molar-refractivity contribution is 7.92. The SMILES string of the molecule is CCOC(=O)CCC(NC(=O)c1ccc(N(C)S(=O)(=O)c2ccc(C)cc2)c(F)c1)C(=O)OCC. The fourth-order valence-electron chi connectivity index (χ4n) is 3.13. The normalized spacial score (nSPS) is 11.9. The van der Waals surface area contributed by atoms with Crippen molar-refractivity contribution in [2.24, 2.45) is 0 Å². The highest BCUT2D eigenvalue weighted by atomic mass is 32.2. The maximum atomic E-state index is 14.9. The van der Waals surface area contributed by atoms with Gasteiger partial charge in [-0.05, 0) is 57.5 Å². The number of carbonyl (C=O) groups excluding carboxylic acids is 3. The summed E-state index contributed by atoms with van der Waals surface area (Å²) >= 11 is 0. The number of ether oxygens (including phenoxy) is 2. The molecule has 0 saturated heterocycles. The van der Waals surface area contributed by atoms with E-state index in [0.29, 0.717) is 0 Å². The molecule has 0 fully saturated rings. The standard InChI is InChI=1S/C24H29FN2O7S/c1-5-33-22(28)14-12-20(24(30)34-6-2)26-23(29)17-9-13-21(19(25)15-17)27(4)35(31,32)18-10-7-16(3)8-11-18/h7-11,13,15,20H,5-6,12,14H2,1-4H3,(H,26,29). The molecule has 0 aliphatic heterocycles. The molecule has 0 bridgehead atoms. The predicted octanol–water partition coefficient (Wildman–Crippen LogP) is 2.96. The lowest BCUT2D eigenvalue weighted by Crippen LogP contribution is -2.42. The number of amides is 1. The van der Waals surface area contributed by atoms with E-state index in [1.165, 1.54) is 25.2 Å². The largest absolute Gasteiger partial charge is 0.466 e. The van der Waals surface area contributed by atoms with Crippen LogP contribution < -0.4 is 9.62 Å². The van der Waals surface area contributed by atoms with E-state index in [-0.39, 0.29) is 42.2 Å². The second-order valence-electron chi connectivity index (χ2n) is 7.57. The number of nitrogens with zero attached hydrogens (tertiary/aromatic N) is 1. The highest BCUT2D eigenvalue weighted by Crippen LogP contribution is 2.26. The molecule has 0 saturated carbocycles. The number of nitrogens with one attached hydrogen (secondary N) is 1. The van der Waals surface area contributed by atoms with Crippen molar-refractivity contribution in [2.45, 2.75) is 44.6 Å². The molecule has 190 valence electrons. The fourth-order valence-corrected chi connectivity index (χ4v) is 4.33. The molecule has 1 amide bonds. The Bertz CT molecular complexity index is 1170. The number of rotatable bonds is 11. The van der Waals surface area contributed by atoms with Gasteiger partial charge in [-0.1, -0.05) is 17.7 Å². The van der Waals surface area contributed by atoms with Gasteiger partial charge in [0.2, 0.25) is 0 Å². The zero-order chi connectivity index (χ0) is 26.2. The van der Waals surface area contributed by atoms with Gasteiger partial charge >= 0.3 is 11.9 Å². The molecule has 9 nitrogen and oxygen atoms in total. The summed E-state index contributed by atoms with van der Waals surface area (Å²) in [6.07, 6.45) is -0.200. The van der Waals surface area contributed by atoms with E-state index in [9.17, 15) is 27.2 Å². The van der Waals surface area contributed by atoms with Crippen molar-refractivity contribution in [3.05, 3.63) is 59.4 Å². The van der Waals surface area contributed by atoms with Crippen LogP contribution in [0.2, 0.25) is 0 Å². The summed E-state index contributed by atoms with van der Waals surface area (Å²) in [6.45, 7) is 5.29. The van der Waals surface area contributed by atoms with Crippen LogP contribution >= 0.6 is 0 Å².